The Morgan fingerprint density at radius 2 is 1.72 bits per heavy atom. The first kappa shape index (κ1) is 21.2. The van der Waals surface area contributed by atoms with Gasteiger partial charge in [-0.3, -0.25) is 9.69 Å². The molecule has 0 aliphatic carbocycles. The predicted molar refractivity (Wildman–Crippen MR) is 120 cm³/mol. The van der Waals surface area contributed by atoms with Gasteiger partial charge in [0.1, 0.15) is 5.82 Å². The van der Waals surface area contributed by atoms with Gasteiger partial charge in [0.15, 0.2) is 5.11 Å². The van der Waals surface area contributed by atoms with Gasteiger partial charge in [-0.2, -0.15) is 0 Å². The second-order valence-electron chi connectivity index (χ2n) is 7.50. The van der Waals surface area contributed by atoms with Crippen LogP contribution in [0.1, 0.15) is 19.4 Å². The minimum atomic E-state index is -0.138. The number of piperazine rings is 1. The van der Waals surface area contributed by atoms with Gasteiger partial charge in [-0.15, -0.1) is 0 Å². The Bertz CT molecular complexity index is 848. The number of carbonyl (C=O) groups is 1. The summed E-state index contributed by atoms with van der Waals surface area (Å²) in [4.78, 5) is 16.3. The zero-order valence-electron chi connectivity index (χ0n) is 16.8. The lowest BCUT2D eigenvalue weighted by Crippen LogP contribution is -2.46. The fourth-order valence-corrected chi connectivity index (χ4v) is 3.42. The van der Waals surface area contributed by atoms with Crippen molar-refractivity contribution in [2.45, 2.75) is 20.4 Å². The van der Waals surface area contributed by atoms with E-state index in [0.29, 0.717) is 11.7 Å². The summed E-state index contributed by atoms with van der Waals surface area (Å²) in [5, 5.41) is 6.01. The van der Waals surface area contributed by atoms with Gasteiger partial charge in [-0.05, 0) is 42.5 Å². The van der Waals surface area contributed by atoms with Crippen LogP contribution in [-0.2, 0) is 11.3 Å². The van der Waals surface area contributed by atoms with Crippen molar-refractivity contribution in [2.24, 2.45) is 5.92 Å². The van der Waals surface area contributed by atoms with Gasteiger partial charge in [-0.1, -0.05) is 32.0 Å². The first-order valence-electron chi connectivity index (χ1n) is 9.85. The number of halogens is 1. The highest BCUT2D eigenvalue weighted by atomic mass is 32.1. The van der Waals surface area contributed by atoms with Crippen molar-refractivity contribution < 1.29 is 9.18 Å². The molecular weight excluding hydrogens is 387 g/mol. The van der Waals surface area contributed by atoms with Gasteiger partial charge in [-0.25, -0.2) is 4.39 Å². The van der Waals surface area contributed by atoms with Gasteiger partial charge < -0.3 is 15.5 Å². The molecule has 0 radical (unpaired) electrons. The highest BCUT2D eigenvalue weighted by molar-refractivity contribution is 7.80. The van der Waals surface area contributed by atoms with Gasteiger partial charge in [0, 0.05) is 55.6 Å². The Morgan fingerprint density at radius 3 is 2.34 bits per heavy atom. The average molecular weight is 415 g/mol. The number of rotatable bonds is 5. The Balaban J connectivity index is 1.49. The fourth-order valence-electron chi connectivity index (χ4n) is 3.21. The molecule has 5 nitrogen and oxygen atoms in total. The number of hydrogen-bond acceptors (Lipinski definition) is 4. The molecule has 0 atom stereocenters. The van der Waals surface area contributed by atoms with E-state index in [2.05, 4.69) is 20.4 Å². The van der Waals surface area contributed by atoms with E-state index < -0.39 is 0 Å². The quantitative estimate of drug-likeness (QED) is 0.732. The zero-order chi connectivity index (χ0) is 20.8. The molecule has 1 aliphatic heterocycles. The van der Waals surface area contributed by atoms with Crippen LogP contribution in [-0.4, -0.2) is 42.1 Å². The van der Waals surface area contributed by atoms with Crippen LogP contribution in [0, 0.1) is 11.7 Å². The van der Waals surface area contributed by atoms with E-state index in [0.717, 1.165) is 43.1 Å². The zero-order valence-corrected chi connectivity index (χ0v) is 17.6. The van der Waals surface area contributed by atoms with Crippen molar-refractivity contribution in [1.29, 1.82) is 0 Å². The number of amides is 1. The Labute approximate surface area is 176 Å². The second kappa shape index (κ2) is 9.80. The van der Waals surface area contributed by atoms with Crippen LogP contribution in [0.15, 0.2) is 48.5 Å². The minimum Gasteiger partial charge on any atom is -0.369 e. The third-order valence-electron chi connectivity index (χ3n) is 4.98. The molecule has 2 N–H and O–H groups in total. The molecule has 0 saturated carbocycles. The summed E-state index contributed by atoms with van der Waals surface area (Å²) in [5.74, 6) is -0.359. The fraction of sp³-hybridized carbons (Fsp3) is 0.364. The standard InChI is InChI=1S/C22H27FN4OS/c1-16(2)21(28)25-22(29)24-18-7-9-19(10-8-18)27-13-11-26(12-14-27)15-17-5-3-4-6-20(17)23/h3-10,16H,11-15H2,1-2H3,(H2,24,25,28,29). The first-order chi connectivity index (χ1) is 13.9. The molecule has 7 heteroatoms. The molecule has 0 spiro atoms. The van der Waals surface area contributed by atoms with E-state index in [4.69, 9.17) is 12.2 Å². The second-order valence-corrected chi connectivity index (χ2v) is 7.91. The lowest BCUT2D eigenvalue weighted by atomic mass is 10.1. The lowest BCUT2D eigenvalue weighted by Gasteiger charge is -2.36. The molecule has 154 valence electrons. The van der Waals surface area contributed by atoms with E-state index in [1.54, 1.807) is 6.07 Å². The molecule has 2 aromatic carbocycles. The molecule has 29 heavy (non-hydrogen) atoms. The number of anilines is 2. The molecule has 1 aliphatic rings. The minimum absolute atomic E-state index is 0.104. The van der Waals surface area contributed by atoms with Crippen molar-refractivity contribution in [2.75, 3.05) is 36.4 Å². The van der Waals surface area contributed by atoms with Crippen LogP contribution in [0.25, 0.3) is 0 Å². The summed E-state index contributed by atoms with van der Waals surface area (Å²) in [6.45, 7) is 7.85. The summed E-state index contributed by atoms with van der Waals surface area (Å²) >= 11 is 5.18. The number of nitrogens with one attached hydrogen (secondary N) is 2. The summed E-state index contributed by atoms with van der Waals surface area (Å²) in [7, 11) is 0. The van der Waals surface area contributed by atoms with E-state index >= 15 is 0 Å². The highest BCUT2D eigenvalue weighted by Crippen LogP contribution is 2.20. The smallest absolute Gasteiger partial charge is 0.228 e. The molecule has 0 bridgehead atoms. The van der Waals surface area contributed by atoms with Crippen LogP contribution < -0.4 is 15.5 Å². The molecule has 1 heterocycles. The SMILES string of the molecule is CC(C)C(=O)NC(=S)Nc1ccc(N2CCN(Cc3ccccc3F)CC2)cc1. The number of thiocarbonyl (C=S) groups is 1. The monoisotopic (exact) mass is 414 g/mol. The van der Waals surface area contributed by atoms with Gasteiger partial charge >= 0.3 is 0 Å². The van der Waals surface area contributed by atoms with Gasteiger partial charge in [0.25, 0.3) is 0 Å². The third kappa shape index (κ3) is 5.98. The molecule has 1 saturated heterocycles. The summed E-state index contributed by atoms with van der Waals surface area (Å²) < 4.78 is 13.8. The molecule has 1 amide bonds. The molecule has 3 rings (SSSR count). The third-order valence-corrected chi connectivity index (χ3v) is 5.18. The van der Waals surface area contributed by atoms with Crippen molar-refractivity contribution in [3.63, 3.8) is 0 Å². The molecular formula is C22H27FN4OS. The molecule has 0 aromatic heterocycles. The number of hydrogen-bond donors (Lipinski definition) is 2. The largest absolute Gasteiger partial charge is 0.369 e. The van der Waals surface area contributed by atoms with Crippen LogP contribution in [0.4, 0.5) is 15.8 Å². The van der Waals surface area contributed by atoms with Crippen molar-refractivity contribution >= 4 is 34.6 Å². The highest BCUT2D eigenvalue weighted by Gasteiger charge is 2.18. The van der Waals surface area contributed by atoms with Crippen molar-refractivity contribution in [1.82, 2.24) is 10.2 Å². The van der Waals surface area contributed by atoms with Crippen molar-refractivity contribution in [3.8, 4) is 0 Å². The van der Waals surface area contributed by atoms with E-state index in [1.807, 2.05) is 50.2 Å². The molecule has 0 unspecified atom stereocenters. The Morgan fingerprint density at radius 1 is 1.07 bits per heavy atom. The van der Waals surface area contributed by atoms with E-state index in [9.17, 15) is 9.18 Å². The van der Waals surface area contributed by atoms with Crippen molar-refractivity contribution in [3.05, 3.63) is 59.9 Å². The summed E-state index contributed by atoms with van der Waals surface area (Å²) in [6.07, 6.45) is 0. The van der Waals surface area contributed by atoms with Gasteiger partial charge in [0.2, 0.25) is 5.91 Å². The topological polar surface area (TPSA) is 47.6 Å². The van der Waals surface area contributed by atoms with E-state index in [1.165, 1.54) is 6.07 Å². The number of carbonyl (C=O) groups excluding carboxylic acids is 1. The van der Waals surface area contributed by atoms with Gasteiger partial charge in [0.05, 0.1) is 0 Å². The maximum Gasteiger partial charge on any atom is 0.228 e. The Kier molecular flexibility index (Phi) is 7.17. The van der Waals surface area contributed by atoms with Crippen LogP contribution >= 0.6 is 12.2 Å². The van der Waals surface area contributed by atoms with E-state index in [-0.39, 0.29) is 17.6 Å². The maximum atomic E-state index is 13.8. The lowest BCUT2D eigenvalue weighted by molar-refractivity contribution is -0.122. The van der Waals surface area contributed by atoms with Crippen LogP contribution in [0.5, 0.6) is 0 Å². The molecule has 2 aromatic rings. The van der Waals surface area contributed by atoms with Crippen LogP contribution in [0.3, 0.4) is 0 Å². The van der Waals surface area contributed by atoms with Crippen LogP contribution in [0.2, 0.25) is 0 Å². The first-order valence-corrected chi connectivity index (χ1v) is 10.3. The average Bonchev–Trinajstić information content (AvgIpc) is 2.71. The number of benzene rings is 2. The molecule has 1 fully saturated rings. The predicted octanol–water partition coefficient (Wildman–Crippen LogP) is 3.62. The summed E-state index contributed by atoms with van der Waals surface area (Å²) in [6, 6.07) is 15.0. The summed E-state index contributed by atoms with van der Waals surface area (Å²) in [5.41, 5.74) is 2.72. The Hall–Kier alpha value is -2.51. The number of nitrogens with zero attached hydrogens (tertiary/aromatic N) is 2. The maximum absolute atomic E-state index is 13.8. The normalized spacial score (nSPS) is 14.7.